The number of esters is 1. The number of allylic oxidation sites excluding steroid dienone is 6. The van der Waals surface area contributed by atoms with Gasteiger partial charge in [0.25, 0.3) is 0 Å². The summed E-state index contributed by atoms with van der Waals surface area (Å²) in [5, 5.41) is 17.2. The van der Waals surface area contributed by atoms with Crippen molar-refractivity contribution in [2.75, 3.05) is 7.11 Å². The number of hydrogen-bond acceptors (Lipinski definition) is 7. The maximum absolute atomic E-state index is 13.8. The number of ether oxygens (including phenoxy) is 2. The number of aromatic hydroxyl groups is 1. The molecule has 3 unspecified atom stereocenters. The molecule has 0 radical (unpaired) electrons. The second kappa shape index (κ2) is 9.53. The molecule has 2 fully saturated rings. The fraction of sp³-hybridized carbons (Fsp3) is 0.467. The van der Waals surface area contributed by atoms with E-state index in [1.165, 1.54) is 5.57 Å². The normalized spacial score (nSPS) is 31.0. The van der Waals surface area contributed by atoms with Crippen LogP contribution in [0.2, 0.25) is 0 Å². The molecule has 2 saturated heterocycles. The van der Waals surface area contributed by atoms with E-state index in [-0.39, 0.29) is 35.6 Å². The predicted molar refractivity (Wildman–Crippen MR) is 138 cm³/mol. The number of phenolic OH excluding ortho intramolecular Hbond substituents is 1. The zero-order valence-electron chi connectivity index (χ0n) is 21.4. The largest absolute Gasteiger partial charge is 0.508 e. The van der Waals surface area contributed by atoms with Crippen molar-refractivity contribution in [2.24, 2.45) is 5.92 Å². The quantitative estimate of drug-likeness (QED) is 0.518. The van der Waals surface area contributed by atoms with E-state index in [0.29, 0.717) is 35.7 Å². The van der Waals surface area contributed by atoms with E-state index in [4.69, 9.17) is 9.47 Å². The van der Waals surface area contributed by atoms with Crippen LogP contribution >= 0.6 is 0 Å². The molecule has 0 aromatic heterocycles. The molecule has 3 heterocycles. The zero-order chi connectivity index (χ0) is 25.7. The first-order valence-corrected chi connectivity index (χ1v) is 13.4. The van der Waals surface area contributed by atoms with Crippen LogP contribution in [0.25, 0.3) is 0 Å². The van der Waals surface area contributed by atoms with Gasteiger partial charge in [-0.15, -0.1) is 0 Å². The number of ketones is 1. The number of dihydropyridines is 1. The van der Waals surface area contributed by atoms with Gasteiger partial charge in [-0.25, -0.2) is 4.79 Å². The van der Waals surface area contributed by atoms with Crippen LogP contribution in [0, 0.1) is 5.92 Å². The minimum Gasteiger partial charge on any atom is -0.508 e. The number of fused-ring (bicyclic) bond motifs is 2. The predicted octanol–water partition coefficient (Wildman–Crippen LogP) is 4.27. The fourth-order valence-corrected chi connectivity index (χ4v) is 6.96. The van der Waals surface area contributed by atoms with E-state index in [9.17, 15) is 14.7 Å². The SMILES string of the molecule is COC1=C(C2CC(=O)C3=C(C2)NC(C)=C(C(=O)O[C@@H]2CC4CCC2N4)[C@H]3c2cccc(O)c2)CCC=C1. The Kier molecular flexibility index (Phi) is 6.19. The summed E-state index contributed by atoms with van der Waals surface area (Å²) in [6.45, 7) is 1.88. The van der Waals surface area contributed by atoms with E-state index >= 15 is 0 Å². The molecule has 0 spiro atoms. The van der Waals surface area contributed by atoms with E-state index < -0.39 is 5.92 Å². The standard InChI is InChI=1S/C30H34N2O5/c1-16-27(30(35)37-26-15-19-10-11-22(26)32-19)28(17-6-5-7-20(33)12-17)29-23(31-16)13-18(14-24(29)34)21-8-3-4-9-25(21)36-2/h4-7,9,12,18-19,22,26,28,31-33H,3,8,10-11,13-15H2,1-2H3/t18?,19?,22?,26-,28-/m1/s1. The second-order valence-corrected chi connectivity index (χ2v) is 10.9. The Labute approximate surface area is 217 Å². The number of Topliss-reactive ketones (excluding diaryl/α,β-unsaturated/α-hetero) is 1. The first-order chi connectivity index (χ1) is 17.9. The summed E-state index contributed by atoms with van der Waals surface area (Å²) in [4.78, 5) is 27.6. The first kappa shape index (κ1) is 24.0. The summed E-state index contributed by atoms with van der Waals surface area (Å²) in [6, 6.07) is 7.49. The third kappa shape index (κ3) is 4.29. The second-order valence-electron chi connectivity index (χ2n) is 10.9. The fourth-order valence-electron chi connectivity index (χ4n) is 6.96. The number of hydrogen-bond donors (Lipinski definition) is 3. The number of benzene rings is 1. The van der Waals surface area contributed by atoms with Crippen molar-refractivity contribution in [2.45, 2.75) is 76.0 Å². The van der Waals surface area contributed by atoms with Crippen LogP contribution in [-0.2, 0) is 19.1 Å². The van der Waals surface area contributed by atoms with Gasteiger partial charge in [0, 0.05) is 47.8 Å². The van der Waals surface area contributed by atoms with Gasteiger partial charge in [-0.3, -0.25) is 4.79 Å². The van der Waals surface area contributed by atoms with Crippen molar-refractivity contribution in [1.29, 1.82) is 0 Å². The van der Waals surface area contributed by atoms with Crippen LogP contribution in [0.1, 0.15) is 63.4 Å². The average Bonchev–Trinajstić information content (AvgIpc) is 3.51. The first-order valence-electron chi connectivity index (χ1n) is 13.4. The van der Waals surface area contributed by atoms with Gasteiger partial charge in [-0.1, -0.05) is 18.2 Å². The van der Waals surface area contributed by atoms with Crippen molar-refractivity contribution in [1.82, 2.24) is 10.6 Å². The molecule has 3 aliphatic heterocycles. The summed E-state index contributed by atoms with van der Waals surface area (Å²) >= 11 is 0. The van der Waals surface area contributed by atoms with E-state index in [1.54, 1.807) is 25.3 Å². The molecule has 5 atom stereocenters. The lowest BCUT2D eigenvalue weighted by molar-refractivity contribution is -0.145. The highest BCUT2D eigenvalue weighted by molar-refractivity contribution is 6.04. The Hall–Kier alpha value is -3.32. The van der Waals surface area contributed by atoms with Crippen LogP contribution < -0.4 is 10.6 Å². The molecule has 0 saturated carbocycles. The van der Waals surface area contributed by atoms with Crippen molar-refractivity contribution < 1.29 is 24.2 Å². The third-order valence-corrected chi connectivity index (χ3v) is 8.63. The molecule has 194 valence electrons. The minimum absolute atomic E-state index is 0.0176. The van der Waals surface area contributed by atoms with Crippen LogP contribution in [0.4, 0.5) is 0 Å². The summed E-state index contributed by atoms with van der Waals surface area (Å²) in [5.41, 5.74) is 4.51. The molecule has 1 aromatic carbocycles. The van der Waals surface area contributed by atoms with Crippen LogP contribution in [0.3, 0.4) is 0 Å². The number of carbonyl (C=O) groups is 2. The molecule has 6 rings (SSSR count). The van der Waals surface area contributed by atoms with Crippen LogP contribution in [0.15, 0.2) is 70.3 Å². The van der Waals surface area contributed by atoms with Crippen molar-refractivity contribution in [3.8, 4) is 5.75 Å². The monoisotopic (exact) mass is 502 g/mol. The third-order valence-electron chi connectivity index (χ3n) is 8.63. The molecule has 1 aromatic rings. The molecule has 3 N–H and O–H groups in total. The summed E-state index contributed by atoms with van der Waals surface area (Å²) in [6.07, 6.45) is 9.75. The lowest BCUT2D eigenvalue weighted by Gasteiger charge is -2.38. The van der Waals surface area contributed by atoms with Gasteiger partial charge in [0.1, 0.15) is 17.6 Å². The summed E-state index contributed by atoms with van der Waals surface area (Å²) in [7, 11) is 1.67. The average molecular weight is 503 g/mol. The van der Waals surface area contributed by atoms with Gasteiger partial charge < -0.3 is 25.2 Å². The van der Waals surface area contributed by atoms with Crippen molar-refractivity contribution in [3.05, 3.63) is 75.9 Å². The minimum atomic E-state index is -0.585. The maximum Gasteiger partial charge on any atom is 0.337 e. The molecule has 5 aliphatic rings. The van der Waals surface area contributed by atoms with Crippen molar-refractivity contribution in [3.63, 3.8) is 0 Å². The maximum atomic E-state index is 13.8. The molecule has 7 heteroatoms. The molecular formula is C30H34N2O5. The van der Waals surface area contributed by atoms with Gasteiger partial charge in [-0.05, 0) is 74.3 Å². The van der Waals surface area contributed by atoms with Crippen molar-refractivity contribution >= 4 is 11.8 Å². The molecule has 2 aliphatic carbocycles. The van der Waals surface area contributed by atoms with Gasteiger partial charge >= 0.3 is 5.97 Å². The molecule has 37 heavy (non-hydrogen) atoms. The summed E-state index contributed by atoms with van der Waals surface area (Å²) in [5.74, 6) is 0.0446. The Bertz CT molecular complexity index is 1270. The molecule has 7 nitrogen and oxygen atoms in total. The Balaban J connectivity index is 1.37. The highest BCUT2D eigenvalue weighted by Crippen LogP contribution is 2.47. The van der Waals surface area contributed by atoms with Gasteiger partial charge in [0.05, 0.1) is 12.7 Å². The molecule has 0 amide bonds. The van der Waals surface area contributed by atoms with E-state index in [2.05, 4.69) is 16.7 Å². The molecular weight excluding hydrogens is 468 g/mol. The lowest BCUT2D eigenvalue weighted by atomic mass is 9.70. The Morgan fingerprint density at radius 3 is 2.78 bits per heavy atom. The highest BCUT2D eigenvalue weighted by Gasteiger charge is 2.45. The smallest absolute Gasteiger partial charge is 0.337 e. The van der Waals surface area contributed by atoms with E-state index in [1.807, 2.05) is 19.1 Å². The zero-order valence-corrected chi connectivity index (χ0v) is 21.4. The molecule has 2 bridgehead atoms. The Morgan fingerprint density at radius 2 is 2.05 bits per heavy atom. The number of phenols is 1. The topological polar surface area (TPSA) is 96.9 Å². The van der Waals surface area contributed by atoms with E-state index in [0.717, 1.165) is 49.1 Å². The van der Waals surface area contributed by atoms with Gasteiger partial charge in [0.15, 0.2) is 5.78 Å². The number of methoxy groups -OCH3 is 1. The number of rotatable bonds is 5. The highest BCUT2D eigenvalue weighted by atomic mass is 16.5. The van der Waals surface area contributed by atoms with Crippen LogP contribution in [-0.4, -0.2) is 42.2 Å². The van der Waals surface area contributed by atoms with Crippen LogP contribution in [0.5, 0.6) is 5.75 Å². The Morgan fingerprint density at radius 1 is 1.19 bits per heavy atom. The van der Waals surface area contributed by atoms with Gasteiger partial charge in [0.2, 0.25) is 0 Å². The number of nitrogens with one attached hydrogen (secondary N) is 2. The lowest BCUT2D eigenvalue weighted by Crippen LogP contribution is -2.39. The summed E-state index contributed by atoms with van der Waals surface area (Å²) < 4.78 is 11.7. The van der Waals surface area contributed by atoms with Gasteiger partial charge in [-0.2, -0.15) is 0 Å². The number of carbonyl (C=O) groups excluding carboxylic acids is 2.